The van der Waals surface area contributed by atoms with Crippen molar-refractivity contribution in [3.63, 3.8) is 0 Å². The van der Waals surface area contributed by atoms with Crippen molar-refractivity contribution in [2.45, 2.75) is 17.7 Å². The highest BCUT2D eigenvalue weighted by molar-refractivity contribution is 7.93. The van der Waals surface area contributed by atoms with Gasteiger partial charge in [-0.15, -0.1) is 21.5 Å². The molecule has 1 aliphatic rings. The Kier molecular flexibility index (Phi) is 4.76. The number of fused-ring (bicyclic) bond motifs is 3. The third-order valence-electron chi connectivity index (χ3n) is 4.66. The summed E-state index contributed by atoms with van der Waals surface area (Å²) < 4.78 is 28.4. The van der Waals surface area contributed by atoms with Crippen LogP contribution in [-0.2, 0) is 14.8 Å². The summed E-state index contributed by atoms with van der Waals surface area (Å²) in [5, 5.41) is 11.3. The molecule has 156 valence electrons. The summed E-state index contributed by atoms with van der Waals surface area (Å²) in [7, 11) is -3.78. The number of aromatic nitrogens is 3. The number of nitrogens with one attached hydrogen (secondary N) is 2. The lowest BCUT2D eigenvalue weighted by Gasteiger charge is -2.05. The van der Waals surface area contributed by atoms with E-state index in [0.717, 1.165) is 32.8 Å². The van der Waals surface area contributed by atoms with Gasteiger partial charge in [0.15, 0.2) is 0 Å². The number of aliphatic imine (C=N–C) groups is 1. The van der Waals surface area contributed by atoms with E-state index in [1.54, 1.807) is 30.8 Å². The topological polar surface area (TPSA) is 126 Å². The molecule has 1 unspecified atom stereocenters. The average molecular weight is 471 g/mol. The van der Waals surface area contributed by atoms with Crippen molar-refractivity contribution in [3.05, 3.63) is 52.5 Å². The van der Waals surface area contributed by atoms with Crippen LogP contribution in [0.4, 0.5) is 16.5 Å². The molecule has 0 fully saturated rings. The fourth-order valence-corrected chi connectivity index (χ4v) is 5.93. The second kappa shape index (κ2) is 7.48. The number of carbonyl (C=O) groups excluding carboxylic acids is 1. The predicted molar refractivity (Wildman–Crippen MR) is 121 cm³/mol. The smallest absolute Gasteiger partial charge is 0.263 e. The Hall–Kier alpha value is -3.22. The number of rotatable bonds is 5. The maximum Gasteiger partial charge on any atom is 0.263 e. The first-order chi connectivity index (χ1) is 14.9. The maximum absolute atomic E-state index is 12.5. The monoisotopic (exact) mass is 470 g/mol. The highest BCUT2D eigenvalue weighted by Gasteiger charge is 2.31. The Balaban J connectivity index is 1.38. The molecule has 31 heavy (non-hydrogen) atoms. The lowest BCUT2D eigenvalue weighted by Crippen LogP contribution is -2.13. The quantitative estimate of drug-likeness (QED) is 0.428. The standard InChI is InChI=1S/C19H14N6O3S3/c1-10-23-24-19(30-10)25-31(27,28)12-4-2-11(3-5-12)20-8-13-16-14(22-18(13)26)6-7-15-17(16)29-9-21-15/h2-9,13H,1H3,(H,22,26)(H,24,25). The predicted octanol–water partition coefficient (Wildman–Crippen LogP) is 3.70. The summed E-state index contributed by atoms with van der Waals surface area (Å²) in [6.07, 6.45) is 1.58. The van der Waals surface area contributed by atoms with E-state index in [4.69, 9.17) is 0 Å². The maximum atomic E-state index is 12.5. The van der Waals surface area contributed by atoms with Crippen LogP contribution in [0.1, 0.15) is 16.5 Å². The number of anilines is 2. The van der Waals surface area contributed by atoms with Crippen molar-refractivity contribution >= 4 is 71.5 Å². The Labute approximate surface area is 185 Å². The van der Waals surface area contributed by atoms with Crippen LogP contribution in [0.5, 0.6) is 0 Å². The van der Waals surface area contributed by atoms with E-state index in [9.17, 15) is 13.2 Å². The second-order valence-electron chi connectivity index (χ2n) is 6.70. The minimum Gasteiger partial charge on any atom is -0.325 e. The van der Waals surface area contributed by atoms with E-state index >= 15 is 0 Å². The van der Waals surface area contributed by atoms with Gasteiger partial charge in [-0.1, -0.05) is 11.3 Å². The molecule has 0 bridgehead atoms. The minimum atomic E-state index is -3.78. The lowest BCUT2D eigenvalue weighted by atomic mass is 10.0. The number of nitrogens with zero attached hydrogens (tertiary/aromatic N) is 4. The molecule has 2 aromatic carbocycles. The van der Waals surface area contributed by atoms with Crippen molar-refractivity contribution in [2.24, 2.45) is 4.99 Å². The zero-order valence-electron chi connectivity index (χ0n) is 15.9. The van der Waals surface area contributed by atoms with Crippen molar-refractivity contribution in [1.29, 1.82) is 0 Å². The summed E-state index contributed by atoms with van der Waals surface area (Å²) in [5.74, 6) is -0.694. The zero-order chi connectivity index (χ0) is 21.6. The van der Waals surface area contributed by atoms with E-state index in [2.05, 4.69) is 30.2 Å². The molecule has 9 nitrogen and oxygen atoms in total. The van der Waals surface area contributed by atoms with Crippen LogP contribution in [0, 0.1) is 6.92 Å². The normalized spacial score (nSPS) is 16.0. The van der Waals surface area contributed by atoms with E-state index in [0.29, 0.717) is 10.7 Å². The fraction of sp³-hybridized carbons (Fsp3) is 0.105. The van der Waals surface area contributed by atoms with Crippen LogP contribution in [0.15, 0.2) is 51.8 Å². The third kappa shape index (κ3) is 3.69. The van der Waals surface area contributed by atoms with Gasteiger partial charge in [0, 0.05) is 17.5 Å². The summed E-state index contributed by atoms with van der Waals surface area (Å²) in [6, 6.07) is 9.78. The van der Waals surface area contributed by atoms with E-state index in [1.807, 2.05) is 12.1 Å². The number of carbonyl (C=O) groups is 1. The number of amides is 1. The van der Waals surface area contributed by atoms with Gasteiger partial charge in [-0.05, 0) is 43.3 Å². The van der Waals surface area contributed by atoms with Crippen molar-refractivity contribution in [1.82, 2.24) is 15.2 Å². The zero-order valence-corrected chi connectivity index (χ0v) is 18.4. The van der Waals surface area contributed by atoms with Gasteiger partial charge in [0.2, 0.25) is 11.0 Å². The van der Waals surface area contributed by atoms with Crippen molar-refractivity contribution in [3.8, 4) is 0 Å². The van der Waals surface area contributed by atoms with Gasteiger partial charge in [-0.25, -0.2) is 13.4 Å². The molecule has 12 heteroatoms. The summed E-state index contributed by atoms with van der Waals surface area (Å²) in [6.45, 7) is 1.74. The van der Waals surface area contributed by atoms with Crippen molar-refractivity contribution in [2.75, 3.05) is 10.0 Å². The third-order valence-corrected chi connectivity index (χ3v) is 7.77. The first kappa shape index (κ1) is 19.7. The highest BCUT2D eigenvalue weighted by atomic mass is 32.2. The fourth-order valence-electron chi connectivity index (χ4n) is 3.23. The number of benzene rings is 2. The molecule has 1 amide bonds. The molecule has 0 aliphatic carbocycles. The van der Waals surface area contributed by atoms with Crippen LogP contribution in [0.25, 0.3) is 10.2 Å². The van der Waals surface area contributed by atoms with Gasteiger partial charge in [-0.3, -0.25) is 14.5 Å². The molecule has 2 N–H and O–H groups in total. The molecule has 0 spiro atoms. The Morgan fingerprint density at radius 1 is 1.16 bits per heavy atom. The largest absolute Gasteiger partial charge is 0.325 e. The van der Waals surface area contributed by atoms with Gasteiger partial charge in [0.25, 0.3) is 10.0 Å². The van der Waals surface area contributed by atoms with Crippen LogP contribution < -0.4 is 10.0 Å². The van der Waals surface area contributed by atoms with Crippen LogP contribution >= 0.6 is 22.7 Å². The Morgan fingerprint density at radius 3 is 2.71 bits per heavy atom. The van der Waals surface area contributed by atoms with Gasteiger partial charge in [-0.2, -0.15) is 0 Å². The number of hydrogen-bond donors (Lipinski definition) is 2. The average Bonchev–Trinajstić information content (AvgIpc) is 3.44. The number of thiazole rings is 1. The van der Waals surface area contributed by atoms with Crippen LogP contribution in [-0.4, -0.2) is 35.7 Å². The number of aryl methyl sites for hydroxylation is 1. The lowest BCUT2D eigenvalue weighted by molar-refractivity contribution is -0.115. The molecule has 2 aromatic heterocycles. The van der Waals surface area contributed by atoms with E-state index in [1.165, 1.54) is 23.5 Å². The Morgan fingerprint density at radius 2 is 1.97 bits per heavy atom. The second-order valence-corrected chi connectivity index (χ2v) is 10.4. The molecule has 1 atom stereocenters. The summed E-state index contributed by atoms with van der Waals surface area (Å²) >= 11 is 2.63. The SMILES string of the molecule is Cc1nnc(NS(=O)(=O)c2ccc(N=CC3C(=O)Nc4ccc5ncsc5c43)cc2)s1. The highest BCUT2D eigenvalue weighted by Crippen LogP contribution is 2.39. The van der Waals surface area contributed by atoms with Crippen molar-refractivity contribution < 1.29 is 13.2 Å². The Bertz CT molecular complexity index is 1440. The molecular formula is C19H14N6O3S3. The van der Waals surface area contributed by atoms with E-state index in [-0.39, 0.29) is 15.9 Å². The molecule has 3 heterocycles. The molecular weight excluding hydrogens is 456 g/mol. The van der Waals surface area contributed by atoms with E-state index < -0.39 is 15.9 Å². The van der Waals surface area contributed by atoms with Gasteiger partial charge in [0.1, 0.15) is 10.9 Å². The van der Waals surface area contributed by atoms with Crippen LogP contribution in [0.3, 0.4) is 0 Å². The molecule has 5 rings (SSSR count). The molecule has 0 saturated carbocycles. The first-order valence-electron chi connectivity index (χ1n) is 9.05. The summed E-state index contributed by atoms with van der Waals surface area (Å²) in [5.41, 5.74) is 4.75. The molecule has 0 saturated heterocycles. The molecule has 1 aliphatic heterocycles. The van der Waals surface area contributed by atoms with Gasteiger partial charge >= 0.3 is 0 Å². The minimum absolute atomic E-state index is 0.0784. The van der Waals surface area contributed by atoms with Gasteiger partial charge in [0.05, 0.1) is 26.3 Å². The molecule has 4 aromatic rings. The van der Waals surface area contributed by atoms with Gasteiger partial charge < -0.3 is 5.32 Å². The first-order valence-corrected chi connectivity index (χ1v) is 12.2. The van der Waals surface area contributed by atoms with Crippen LogP contribution in [0.2, 0.25) is 0 Å². The summed E-state index contributed by atoms with van der Waals surface area (Å²) in [4.78, 5) is 21.2. The molecule has 0 radical (unpaired) electrons. The number of hydrogen-bond acceptors (Lipinski definition) is 9. The number of sulfonamides is 1.